The fourth-order valence-corrected chi connectivity index (χ4v) is 20.7. The van der Waals surface area contributed by atoms with Crippen molar-refractivity contribution in [2.75, 3.05) is 52.6 Å². The maximum atomic E-state index is 14.1. The molecule has 4 aliphatic rings. The number of sulfone groups is 3. The van der Waals surface area contributed by atoms with Gasteiger partial charge >= 0.3 is 42.7 Å². The van der Waals surface area contributed by atoms with Crippen LogP contribution in [0, 0.1) is 23.3 Å². The van der Waals surface area contributed by atoms with Gasteiger partial charge in [-0.25, -0.2) is 85.7 Å². The summed E-state index contributed by atoms with van der Waals surface area (Å²) in [5, 5.41) is 38.5. The third-order valence-electron chi connectivity index (χ3n) is 25.2. The van der Waals surface area contributed by atoms with Crippen LogP contribution in [-0.4, -0.2) is 174 Å². The molecule has 0 fully saturated rings. The third-order valence-corrected chi connectivity index (χ3v) is 29.1. The summed E-state index contributed by atoms with van der Waals surface area (Å²) in [6, 6.07) is 28.5. The number of halogens is 14. The lowest BCUT2D eigenvalue weighted by Gasteiger charge is -2.37. The quantitative estimate of drug-likeness (QED) is 0.0332. The number of phenols is 1. The minimum Gasteiger partial charge on any atom is -0.507 e. The van der Waals surface area contributed by atoms with Crippen LogP contribution in [-0.2, 0) is 55.2 Å². The summed E-state index contributed by atoms with van der Waals surface area (Å²) in [4.78, 5) is 61.7. The molecule has 786 valence electrons. The molecule has 5 aromatic heterocycles. The zero-order chi connectivity index (χ0) is 107. The van der Waals surface area contributed by atoms with Gasteiger partial charge in [-0.05, 0) is 262 Å². The maximum Gasteiger partial charge on any atom is 0.409 e. The number of hydrogen-bond acceptors (Lipinski definition) is 18. The number of urea groups is 4. The Bertz CT molecular complexity index is 7080. The lowest BCUT2D eigenvalue weighted by molar-refractivity contribution is -0.149. The number of alkyl halides is 9. The Labute approximate surface area is 847 Å². The van der Waals surface area contributed by atoms with E-state index in [2.05, 4.69) is 62.6 Å². The summed E-state index contributed by atoms with van der Waals surface area (Å²) in [6.07, 6.45) is -0.851. The van der Waals surface area contributed by atoms with E-state index in [1.807, 2.05) is 34.6 Å². The smallest absolute Gasteiger partial charge is 0.409 e. The number of aromatic hydroxyl groups is 1. The number of benzene rings is 7. The third kappa shape index (κ3) is 25.8. The van der Waals surface area contributed by atoms with Crippen LogP contribution in [0.1, 0.15) is 181 Å². The van der Waals surface area contributed by atoms with Gasteiger partial charge in [0.1, 0.15) is 68.4 Å². The van der Waals surface area contributed by atoms with Crippen molar-refractivity contribution in [3.8, 4) is 40.0 Å². The van der Waals surface area contributed by atoms with Gasteiger partial charge in [-0.2, -0.15) is 59.9 Å². The van der Waals surface area contributed by atoms with Gasteiger partial charge in [-0.15, -0.1) is 0 Å². The van der Waals surface area contributed by atoms with Crippen molar-refractivity contribution >= 4 is 92.3 Å². The molecule has 0 aliphatic carbocycles. The number of hydrogen-bond donors (Lipinski definition) is 5. The van der Waals surface area contributed by atoms with E-state index < -0.39 is 138 Å². The van der Waals surface area contributed by atoms with E-state index in [1.54, 1.807) is 58.2 Å². The van der Waals surface area contributed by atoms with E-state index in [0.29, 0.717) is 123 Å². The van der Waals surface area contributed by atoms with E-state index in [4.69, 9.17) is 9.47 Å². The lowest BCUT2D eigenvalue weighted by atomic mass is 9.99. The number of fused-ring (bicyclic) bond motifs is 4. The van der Waals surface area contributed by atoms with Crippen LogP contribution >= 0.6 is 15.9 Å². The molecule has 47 heteroatoms. The second kappa shape index (κ2) is 46.2. The molecule has 30 nitrogen and oxygen atoms in total. The molecular formula is C100H107BrF13N17O13S3. The van der Waals surface area contributed by atoms with Gasteiger partial charge in [0.05, 0.1) is 142 Å². The number of phenolic OH excluding ortho intramolecular Hbond substituents is 1. The van der Waals surface area contributed by atoms with Crippen molar-refractivity contribution in [1.29, 1.82) is 0 Å². The molecule has 0 saturated carbocycles. The highest BCUT2D eigenvalue weighted by Gasteiger charge is 2.53. The number of rotatable bonds is 25. The van der Waals surface area contributed by atoms with Crippen LogP contribution in [0.3, 0.4) is 0 Å². The molecule has 16 rings (SSSR count). The van der Waals surface area contributed by atoms with Gasteiger partial charge in [-0.1, -0.05) is 77.6 Å². The Kier molecular flexibility index (Phi) is 34.8. The highest BCUT2D eigenvalue weighted by atomic mass is 79.9. The van der Waals surface area contributed by atoms with Crippen molar-refractivity contribution in [2.45, 2.75) is 219 Å². The number of anilines is 4. The van der Waals surface area contributed by atoms with Crippen molar-refractivity contribution in [3.05, 3.63) is 268 Å². The number of nitrogens with zero attached hydrogens (tertiary/aromatic N) is 13. The fourth-order valence-electron chi connectivity index (χ4n) is 18.1. The Balaban J connectivity index is 0.000000164. The number of aromatic nitrogens is 9. The number of pyridine rings is 1. The summed E-state index contributed by atoms with van der Waals surface area (Å²) in [5.74, 6) is -1.61. The molecule has 0 radical (unpaired) electrons. The van der Waals surface area contributed by atoms with Crippen LogP contribution in [0.4, 0.5) is 99.0 Å². The minimum absolute atomic E-state index is 0.00318. The Morgan fingerprint density at radius 1 is 0.401 bits per heavy atom. The monoisotopic (exact) mass is 2180 g/mol. The fraction of sp³-hybridized carbons (Fsp3) is 0.370. The van der Waals surface area contributed by atoms with E-state index in [1.165, 1.54) is 174 Å². The van der Waals surface area contributed by atoms with Crippen LogP contribution < -0.4 is 50.3 Å². The van der Waals surface area contributed by atoms with Gasteiger partial charge in [0.2, 0.25) is 0 Å². The normalized spacial score (nSPS) is 16.6. The van der Waals surface area contributed by atoms with Crippen molar-refractivity contribution in [1.82, 2.24) is 65.4 Å². The van der Waals surface area contributed by atoms with Gasteiger partial charge in [0.15, 0.2) is 34.5 Å². The van der Waals surface area contributed by atoms with E-state index in [0.717, 1.165) is 58.8 Å². The molecule has 0 spiro atoms. The zero-order valence-corrected chi connectivity index (χ0v) is 85.1. The molecule has 12 aromatic rings. The molecule has 8 amide bonds. The first-order chi connectivity index (χ1) is 69.5. The molecule has 0 bridgehead atoms. The lowest BCUT2D eigenvalue weighted by Crippen LogP contribution is -2.55. The predicted octanol–water partition coefficient (Wildman–Crippen LogP) is 21.3. The average Bonchev–Trinajstić information content (AvgIpc) is 1.64. The first-order valence-corrected chi connectivity index (χ1v) is 53.3. The Morgan fingerprint density at radius 2 is 0.701 bits per heavy atom. The SMILES string of the molecule is CCC[C@H](NC(=O)N1c2cnn(-c3ccc(F)cc3)c2CCC1C(F)(F)F)c1ccc(Br)c(OC)c1.CCC[C@H](NC(=O)N1c2cnn(-c3ccc(F)cc3)c2CCC1C(F)(F)F)c1ccc(S(C)(=O)=O)c(O)c1.CCC[C@H](NC(=O)N1c2cnn(-c3ccc(F)cc3)c2CCC1C(F)(F)F)c1ccc(S(C)(=O)=O)c(OC)c1.CCC[C@H](NC(=O)N1c2cnn(-c3ccc(F)cc3)c2CCC1C)c1cccc(S(C)(=O)=O)n1. The van der Waals surface area contributed by atoms with E-state index in [9.17, 15) is 107 Å². The number of carbonyl (C=O) groups is 4. The van der Waals surface area contributed by atoms with Crippen molar-refractivity contribution < 1.29 is 116 Å². The predicted molar refractivity (Wildman–Crippen MR) is 526 cm³/mol. The summed E-state index contributed by atoms with van der Waals surface area (Å²) in [6.45, 7) is 9.57. The zero-order valence-electron chi connectivity index (χ0n) is 81.1. The van der Waals surface area contributed by atoms with Gasteiger partial charge in [0, 0.05) is 24.8 Å². The van der Waals surface area contributed by atoms with Crippen LogP contribution in [0.25, 0.3) is 22.7 Å². The molecule has 0 saturated heterocycles. The first-order valence-electron chi connectivity index (χ1n) is 46.8. The standard InChI is InChI=1S/C26H28F4N4O4S.C25H25BrF4N4O2.C25H26F4N4O4S.C24H28FN5O3S/c1-4-5-19(16-6-12-23(39(3,36)37)22(14-16)38-2)32-25(35)33-21-15-31-34(18-9-7-17(27)8-10-18)20(21)11-13-24(33)26(28,29)30;1-3-4-19(15-5-10-18(26)22(13-15)36-2)32-24(35)33-21-14-31-34(17-8-6-16(27)7-9-17)20(21)11-12-23(33)25(28,29)30;1-3-4-18(15-5-11-22(21(34)13-15)38(2,36)37)31-24(35)32-20-14-30-33(17-8-6-16(26)7-9-17)19(20)10-12-23(32)25(27,28)29;1-4-6-19(20-7-5-8-23(27-20)34(3,32)33)28-24(31)29-16(2)9-14-21-22(29)15-26-30(21)18-12-10-17(25)11-13-18/h6-10,12,14-15,19,24H,4-5,11,13H2,1-3H3,(H,32,35);5-10,13-14,19,23H,3-4,11-12H2,1-2H3,(H,32,35);5-9,11,13-14,18,23,34H,3-4,10,12H2,1-2H3,(H,31,35);5,7-8,10-13,15-16,19H,4,6,9,14H2,1-3H3,(H,28,31)/t19-,24?;19-,23?;18-,23?;16?,19-/m0000/s1. The van der Waals surface area contributed by atoms with Crippen LogP contribution in [0.15, 0.2) is 214 Å². The Hall–Kier alpha value is -13.6. The number of ether oxygens (including phenoxy) is 2. The summed E-state index contributed by atoms with van der Waals surface area (Å²) in [7, 11) is -7.95. The van der Waals surface area contributed by atoms with E-state index in [-0.39, 0.29) is 87.6 Å². The second-order valence-corrected chi connectivity index (χ2v) is 42.3. The van der Waals surface area contributed by atoms with Crippen molar-refractivity contribution in [3.63, 3.8) is 0 Å². The van der Waals surface area contributed by atoms with E-state index >= 15 is 0 Å². The largest absolute Gasteiger partial charge is 0.507 e. The van der Waals surface area contributed by atoms with Crippen molar-refractivity contribution in [2.24, 2.45) is 0 Å². The minimum atomic E-state index is -4.72. The molecule has 7 aromatic carbocycles. The average molecular weight is 2180 g/mol. The van der Waals surface area contributed by atoms with Gasteiger partial charge in [-0.3, -0.25) is 19.6 Å². The van der Waals surface area contributed by atoms with Gasteiger partial charge < -0.3 is 35.8 Å². The molecular weight excluding hydrogens is 2070 g/mol. The summed E-state index contributed by atoms with van der Waals surface area (Å²) in [5.41, 5.74) is 7.01. The molecule has 9 heterocycles. The van der Waals surface area contributed by atoms with Crippen LogP contribution in [0.5, 0.6) is 17.2 Å². The molecule has 5 N–H and O–H groups in total. The molecule has 4 aliphatic heterocycles. The van der Waals surface area contributed by atoms with Gasteiger partial charge in [0.25, 0.3) is 0 Å². The molecule has 147 heavy (non-hydrogen) atoms. The number of amides is 8. The Morgan fingerprint density at radius 3 is 1.02 bits per heavy atom. The van der Waals surface area contributed by atoms with Crippen LogP contribution in [0.2, 0.25) is 0 Å². The topological polar surface area (TPSA) is 355 Å². The number of methoxy groups -OCH3 is 2. The molecule has 8 atom stereocenters. The highest BCUT2D eigenvalue weighted by Crippen LogP contribution is 2.46. The second-order valence-electron chi connectivity index (χ2n) is 35.5. The highest BCUT2D eigenvalue weighted by molar-refractivity contribution is 9.10. The number of carbonyl (C=O) groups excluding carboxylic acids is 4. The first kappa shape index (κ1) is 111. The summed E-state index contributed by atoms with van der Waals surface area (Å²) < 4.78 is 269. The summed E-state index contributed by atoms with van der Waals surface area (Å²) >= 11 is 3.39. The molecule has 4 unspecified atom stereocenters. The number of nitrogens with one attached hydrogen (secondary N) is 4. The maximum absolute atomic E-state index is 14.1.